The predicted molar refractivity (Wildman–Crippen MR) is 124 cm³/mol. The van der Waals surface area contributed by atoms with Gasteiger partial charge in [-0.1, -0.05) is 12.1 Å². The van der Waals surface area contributed by atoms with Gasteiger partial charge in [0.05, 0.1) is 30.1 Å². The lowest BCUT2D eigenvalue weighted by Crippen LogP contribution is -2.52. The fraction of sp³-hybridized carbons (Fsp3) is 0.261. The third-order valence-electron chi connectivity index (χ3n) is 4.65. The largest absolute Gasteiger partial charge is 0.481 e. The topological polar surface area (TPSA) is 192 Å². The van der Waals surface area contributed by atoms with Gasteiger partial charge in [0.2, 0.25) is 17.7 Å². The van der Waals surface area contributed by atoms with Crippen LogP contribution in [0.1, 0.15) is 30.8 Å². The predicted octanol–water partition coefficient (Wildman–Crippen LogP) is 0.117. The Balaban J connectivity index is 2.31. The number of aldehydes is 1. The lowest BCUT2D eigenvalue weighted by atomic mass is 10.1. The second-order valence-corrected chi connectivity index (χ2v) is 7.53. The molecule has 2 aromatic rings. The molecule has 4 N–H and O–H groups in total. The summed E-state index contributed by atoms with van der Waals surface area (Å²) in [5, 5.41) is 15.8. The number of carboxylic acids is 1. The zero-order valence-electron chi connectivity index (χ0n) is 19.3. The Morgan fingerprint density at radius 3 is 2.33 bits per heavy atom. The van der Waals surface area contributed by atoms with Crippen LogP contribution in [0.5, 0.6) is 0 Å². The van der Waals surface area contributed by atoms with Crippen LogP contribution in [-0.2, 0) is 28.8 Å². The van der Waals surface area contributed by atoms with E-state index in [0.29, 0.717) is 0 Å². The maximum atomic E-state index is 13.3. The fourth-order valence-corrected chi connectivity index (χ4v) is 3.08. The Bertz CT molecular complexity index is 1160. The van der Waals surface area contributed by atoms with Crippen molar-refractivity contribution in [1.29, 1.82) is 0 Å². The summed E-state index contributed by atoms with van der Waals surface area (Å²) in [6, 6.07) is 6.00. The number of nitrogens with zero attached hydrogens (tertiary/aromatic N) is 1. The second-order valence-electron chi connectivity index (χ2n) is 7.53. The minimum Gasteiger partial charge on any atom is -0.481 e. The van der Waals surface area contributed by atoms with E-state index in [-0.39, 0.29) is 23.4 Å². The molecular formula is C23H24N4O9. The zero-order valence-corrected chi connectivity index (χ0v) is 19.3. The highest BCUT2D eigenvalue weighted by molar-refractivity contribution is 6.42. The summed E-state index contributed by atoms with van der Waals surface area (Å²) in [7, 11) is 0. The Kier molecular flexibility index (Phi) is 9.60. The molecular weight excluding hydrogens is 476 g/mol. The van der Waals surface area contributed by atoms with E-state index < -0.39 is 60.4 Å². The van der Waals surface area contributed by atoms with Gasteiger partial charge in [0.1, 0.15) is 18.9 Å². The van der Waals surface area contributed by atoms with Crippen molar-refractivity contribution < 1.29 is 43.1 Å². The van der Waals surface area contributed by atoms with Gasteiger partial charge in [-0.3, -0.25) is 33.7 Å². The van der Waals surface area contributed by atoms with Crippen LogP contribution in [0.15, 0.2) is 47.1 Å². The highest BCUT2D eigenvalue weighted by Gasteiger charge is 2.30. The molecule has 0 saturated carbocycles. The molecule has 0 radical (unpaired) electrons. The number of anilines is 2. The van der Waals surface area contributed by atoms with Crippen LogP contribution in [-0.4, -0.2) is 65.4 Å². The first kappa shape index (κ1) is 27.4. The monoisotopic (exact) mass is 500 g/mol. The number of Topliss-reactive ketones (excluding diaryl/α,β-unsaturated/α-hetero) is 1. The molecule has 0 aliphatic carbocycles. The number of ketones is 1. The summed E-state index contributed by atoms with van der Waals surface area (Å²) in [4.78, 5) is 85.0. The summed E-state index contributed by atoms with van der Waals surface area (Å²) in [6.45, 7) is 1.81. The Hall–Kier alpha value is -4.81. The van der Waals surface area contributed by atoms with Gasteiger partial charge in [-0.15, -0.1) is 0 Å². The van der Waals surface area contributed by atoms with E-state index in [1.807, 2.05) is 0 Å². The standard InChI is InChI=1S/C23H24N4O9/c1-13(24-22(34)21(33)18-8-5-9-36-18)23(35)27(11-19(30)26-15(12-28)10-20(31)32)17-7-4-3-6-16(17)25-14(2)29/h3-9,12-13,15H,10-11H2,1-2H3,(H,24,34)(H,25,29)(H,26,30)(H,31,32). The Morgan fingerprint density at radius 1 is 1.06 bits per heavy atom. The van der Waals surface area contributed by atoms with E-state index in [4.69, 9.17) is 9.52 Å². The molecule has 1 aromatic carbocycles. The number of rotatable bonds is 12. The number of aliphatic carboxylic acids is 1. The summed E-state index contributed by atoms with van der Waals surface area (Å²) >= 11 is 0. The maximum absolute atomic E-state index is 13.3. The SMILES string of the molecule is CC(=O)Nc1ccccc1N(CC(=O)NC(C=O)CC(=O)O)C(=O)C(C)NC(=O)C(=O)c1ccco1. The molecule has 4 amide bonds. The van der Waals surface area contributed by atoms with Gasteiger partial charge < -0.3 is 30.3 Å². The molecule has 36 heavy (non-hydrogen) atoms. The normalized spacial score (nSPS) is 11.9. The lowest BCUT2D eigenvalue weighted by Gasteiger charge is -2.28. The smallest absolute Gasteiger partial charge is 0.305 e. The summed E-state index contributed by atoms with van der Waals surface area (Å²) in [5.41, 5.74) is 0.237. The molecule has 2 rings (SSSR count). The average Bonchev–Trinajstić information content (AvgIpc) is 3.36. The summed E-state index contributed by atoms with van der Waals surface area (Å²) in [5.74, 6) is -5.91. The molecule has 190 valence electrons. The van der Waals surface area contributed by atoms with E-state index in [1.165, 1.54) is 50.4 Å². The number of nitrogens with one attached hydrogen (secondary N) is 3. The molecule has 0 fully saturated rings. The fourth-order valence-electron chi connectivity index (χ4n) is 3.08. The maximum Gasteiger partial charge on any atom is 0.305 e. The second kappa shape index (κ2) is 12.6. The number of carbonyl (C=O) groups is 7. The first-order valence-electron chi connectivity index (χ1n) is 10.6. The molecule has 2 atom stereocenters. The van der Waals surface area contributed by atoms with Gasteiger partial charge in [0.25, 0.3) is 11.7 Å². The number of hydrogen-bond acceptors (Lipinski definition) is 8. The van der Waals surface area contributed by atoms with Crippen LogP contribution < -0.4 is 20.9 Å². The van der Waals surface area contributed by atoms with E-state index in [2.05, 4.69) is 16.0 Å². The number of hydrogen-bond donors (Lipinski definition) is 4. The van der Waals surface area contributed by atoms with Crippen molar-refractivity contribution in [3.8, 4) is 0 Å². The molecule has 0 aliphatic rings. The lowest BCUT2D eigenvalue weighted by molar-refractivity contribution is -0.139. The van der Waals surface area contributed by atoms with E-state index >= 15 is 0 Å². The molecule has 0 bridgehead atoms. The number of benzene rings is 1. The van der Waals surface area contributed by atoms with Crippen molar-refractivity contribution in [3.05, 3.63) is 48.4 Å². The van der Waals surface area contributed by atoms with Gasteiger partial charge >= 0.3 is 5.97 Å². The molecule has 13 heteroatoms. The van der Waals surface area contributed by atoms with Crippen LogP contribution in [0.4, 0.5) is 11.4 Å². The van der Waals surface area contributed by atoms with Crippen molar-refractivity contribution in [3.63, 3.8) is 0 Å². The van der Waals surface area contributed by atoms with E-state index in [0.717, 1.165) is 4.90 Å². The van der Waals surface area contributed by atoms with Gasteiger partial charge in [-0.05, 0) is 31.2 Å². The van der Waals surface area contributed by atoms with Gasteiger partial charge in [0, 0.05) is 6.92 Å². The number of carbonyl (C=O) groups excluding carboxylic acids is 6. The van der Waals surface area contributed by atoms with Crippen LogP contribution in [0, 0.1) is 0 Å². The van der Waals surface area contributed by atoms with Gasteiger partial charge in [0.15, 0.2) is 5.76 Å². The Labute approximate surface area is 204 Å². The van der Waals surface area contributed by atoms with Crippen LogP contribution >= 0.6 is 0 Å². The highest BCUT2D eigenvalue weighted by Crippen LogP contribution is 2.26. The van der Waals surface area contributed by atoms with Crippen LogP contribution in [0.2, 0.25) is 0 Å². The zero-order chi connectivity index (χ0) is 26.8. The summed E-state index contributed by atoms with van der Waals surface area (Å²) < 4.78 is 4.89. The van der Waals surface area contributed by atoms with Crippen molar-refractivity contribution >= 4 is 53.0 Å². The number of furan rings is 1. The van der Waals surface area contributed by atoms with Crippen molar-refractivity contribution in [2.24, 2.45) is 0 Å². The van der Waals surface area contributed by atoms with Crippen LogP contribution in [0.25, 0.3) is 0 Å². The number of amides is 4. The third kappa shape index (κ3) is 7.62. The highest BCUT2D eigenvalue weighted by atomic mass is 16.4. The number of carboxylic acid groups (broad SMARTS) is 1. The minimum absolute atomic E-state index is 0.0761. The van der Waals surface area contributed by atoms with E-state index in [1.54, 1.807) is 6.07 Å². The molecule has 13 nitrogen and oxygen atoms in total. The Morgan fingerprint density at radius 2 is 1.75 bits per heavy atom. The van der Waals surface area contributed by atoms with Gasteiger partial charge in [-0.25, -0.2) is 0 Å². The molecule has 1 heterocycles. The summed E-state index contributed by atoms with van der Waals surface area (Å²) in [6.07, 6.45) is 0.769. The molecule has 2 unspecified atom stereocenters. The van der Waals surface area contributed by atoms with Crippen molar-refractivity contribution in [2.45, 2.75) is 32.4 Å². The molecule has 0 aliphatic heterocycles. The third-order valence-corrected chi connectivity index (χ3v) is 4.65. The first-order chi connectivity index (χ1) is 17.0. The molecule has 0 spiro atoms. The van der Waals surface area contributed by atoms with Gasteiger partial charge in [-0.2, -0.15) is 0 Å². The van der Waals surface area contributed by atoms with E-state index in [9.17, 15) is 33.6 Å². The average molecular weight is 500 g/mol. The van der Waals surface area contributed by atoms with Crippen LogP contribution in [0.3, 0.4) is 0 Å². The minimum atomic E-state index is -1.35. The van der Waals surface area contributed by atoms with Crippen molar-refractivity contribution in [2.75, 3.05) is 16.8 Å². The quantitative estimate of drug-likeness (QED) is 0.178. The first-order valence-corrected chi connectivity index (χ1v) is 10.6. The molecule has 1 aromatic heterocycles. The van der Waals surface area contributed by atoms with Crippen molar-refractivity contribution in [1.82, 2.24) is 10.6 Å². The number of para-hydroxylation sites is 2. The molecule has 0 saturated heterocycles.